The molecular weight excluding hydrogens is 314 g/mol. The van der Waals surface area contributed by atoms with E-state index in [0.717, 1.165) is 30.5 Å². The standard InChI is InChI=1S/C18H29N7/c1-14(2)24-9-6-7-15(13-24)11-20-18(19-3)21-12-17-23-22-16-8-4-5-10-25(16)17/h4-5,8,10,14-15H,6-7,9,11-13H2,1-3H3,(H2,19,20,21). The molecule has 0 aromatic carbocycles. The van der Waals surface area contributed by atoms with Crippen LogP contribution in [0, 0.1) is 5.92 Å². The molecule has 1 aliphatic rings. The average molecular weight is 343 g/mol. The quantitative estimate of drug-likeness (QED) is 0.636. The van der Waals surface area contributed by atoms with Gasteiger partial charge in [-0.3, -0.25) is 9.39 Å². The molecule has 25 heavy (non-hydrogen) atoms. The zero-order valence-corrected chi connectivity index (χ0v) is 15.4. The second-order valence-electron chi connectivity index (χ2n) is 6.95. The van der Waals surface area contributed by atoms with Crippen molar-refractivity contribution in [3.63, 3.8) is 0 Å². The van der Waals surface area contributed by atoms with E-state index < -0.39 is 0 Å². The number of fused-ring (bicyclic) bond motifs is 1. The van der Waals surface area contributed by atoms with Crippen molar-refractivity contribution in [1.29, 1.82) is 0 Å². The van der Waals surface area contributed by atoms with Crippen molar-refractivity contribution >= 4 is 11.6 Å². The van der Waals surface area contributed by atoms with Gasteiger partial charge in [-0.2, -0.15) is 0 Å². The van der Waals surface area contributed by atoms with Crippen molar-refractivity contribution in [3.05, 3.63) is 30.2 Å². The summed E-state index contributed by atoms with van der Waals surface area (Å²) in [4.78, 5) is 6.89. The van der Waals surface area contributed by atoms with E-state index in [9.17, 15) is 0 Å². The van der Waals surface area contributed by atoms with Crippen LogP contribution in [-0.2, 0) is 6.54 Å². The lowest BCUT2D eigenvalue weighted by Crippen LogP contribution is -2.46. The van der Waals surface area contributed by atoms with Gasteiger partial charge in [-0.25, -0.2) is 0 Å². The molecule has 2 aromatic rings. The van der Waals surface area contributed by atoms with Crippen LogP contribution >= 0.6 is 0 Å². The van der Waals surface area contributed by atoms with Gasteiger partial charge in [0.25, 0.3) is 0 Å². The summed E-state index contributed by atoms with van der Waals surface area (Å²) in [5.74, 6) is 2.36. The molecule has 0 spiro atoms. The van der Waals surface area contributed by atoms with E-state index >= 15 is 0 Å². The molecule has 1 fully saturated rings. The van der Waals surface area contributed by atoms with E-state index in [1.165, 1.54) is 19.4 Å². The summed E-state index contributed by atoms with van der Waals surface area (Å²) >= 11 is 0. The lowest BCUT2D eigenvalue weighted by molar-refractivity contribution is 0.141. The van der Waals surface area contributed by atoms with Crippen LogP contribution in [0.15, 0.2) is 29.4 Å². The highest BCUT2D eigenvalue weighted by molar-refractivity contribution is 5.79. The number of guanidine groups is 1. The number of aromatic nitrogens is 3. The van der Waals surface area contributed by atoms with Crippen LogP contribution in [-0.4, -0.2) is 58.2 Å². The van der Waals surface area contributed by atoms with Gasteiger partial charge in [-0.05, 0) is 51.3 Å². The number of aliphatic imine (C=N–C) groups is 1. The van der Waals surface area contributed by atoms with Crippen LogP contribution in [0.1, 0.15) is 32.5 Å². The fourth-order valence-electron chi connectivity index (χ4n) is 3.37. The van der Waals surface area contributed by atoms with E-state index in [-0.39, 0.29) is 0 Å². The summed E-state index contributed by atoms with van der Waals surface area (Å²) in [6.07, 6.45) is 4.54. The average Bonchev–Trinajstić information content (AvgIpc) is 3.05. The number of hydrogen-bond acceptors (Lipinski definition) is 4. The predicted octanol–water partition coefficient (Wildman–Crippen LogP) is 1.51. The minimum absolute atomic E-state index is 0.591. The van der Waals surface area contributed by atoms with Crippen LogP contribution in [0.4, 0.5) is 0 Å². The van der Waals surface area contributed by atoms with Crippen molar-refractivity contribution in [2.24, 2.45) is 10.9 Å². The van der Waals surface area contributed by atoms with Gasteiger partial charge in [-0.15, -0.1) is 10.2 Å². The minimum Gasteiger partial charge on any atom is -0.356 e. The molecule has 0 radical (unpaired) electrons. The molecule has 1 unspecified atom stereocenters. The Labute approximate surface area is 149 Å². The second-order valence-corrected chi connectivity index (χ2v) is 6.95. The Kier molecular flexibility index (Phi) is 5.86. The van der Waals surface area contributed by atoms with Crippen LogP contribution in [0.3, 0.4) is 0 Å². The van der Waals surface area contributed by atoms with E-state index in [0.29, 0.717) is 18.5 Å². The monoisotopic (exact) mass is 343 g/mol. The first-order chi connectivity index (χ1) is 12.2. The summed E-state index contributed by atoms with van der Waals surface area (Å²) in [6.45, 7) is 8.48. The maximum atomic E-state index is 4.33. The number of likely N-dealkylation sites (tertiary alicyclic amines) is 1. The summed E-state index contributed by atoms with van der Waals surface area (Å²) < 4.78 is 1.99. The van der Waals surface area contributed by atoms with E-state index in [4.69, 9.17) is 0 Å². The molecule has 3 rings (SSSR count). The number of hydrogen-bond donors (Lipinski definition) is 2. The third kappa shape index (κ3) is 4.48. The van der Waals surface area contributed by atoms with Crippen molar-refractivity contribution in [1.82, 2.24) is 30.1 Å². The Bertz CT molecular complexity index is 706. The molecule has 2 aromatic heterocycles. The van der Waals surface area contributed by atoms with Gasteiger partial charge in [0.1, 0.15) is 0 Å². The van der Waals surface area contributed by atoms with E-state index in [2.05, 4.69) is 44.6 Å². The molecule has 0 aliphatic carbocycles. The molecule has 0 bridgehead atoms. The predicted molar refractivity (Wildman–Crippen MR) is 101 cm³/mol. The van der Waals surface area contributed by atoms with Crippen molar-refractivity contribution < 1.29 is 0 Å². The van der Waals surface area contributed by atoms with Crippen molar-refractivity contribution in [2.75, 3.05) is 26.7 Å². The molecule has 136 valence electrons. The number of rotatable bonds is 5. The first-order valence-corrected chi connectivity index (χ1v) is 9.14. The zero-order valence-electron chi connectivity index (χ0n) is 15.4. The summed E-state index contributed by atoms with van der Waals surface area (Å²) in [7, 11) is 1.80. The second kappa shape index (κ2) is 8.29. The molecule has 1 atom stereocenters. The molecule has 1 aliphatic heterocycles. The summed E-state index contributed by atoms with van der Waals surface area (Å²) in [6, 6.07) is 6.53. The van der Waals surface area contributed by atoms with Gasteiger partial charge >= 0.3 is 0 Å². The number of piperidine rings is 1. The largest absolute Gasteiger partial charge is 0.356 e. The normalized spacial score (nSPS) is 19.5. The van der Waals surface area contributed by atoms with Gasteiger partial charge in [0.15, 0.2) is 17.4 Å². The number of nitrogens with one attached hydrogen (secondary N) is 2. The first-order valence-electron chi connectivity index (χ1n) is 9.14. The maximum absolute atomic E-state index is 4.33. The topological polar surface area (TPSA) is 69.8 Å². The Morgan fingerprint density at radius 3 is 3.00 bits per heavy atom. The lowest BCUT2D eigenvalue weighted by Gasteiger charge is -2.35. The SMILES string of the molecule is CN=C(NCc1nnc2ccccn12)NCC1CCCN(C(C)C)C1. The van der Waals surface area contributed by atoms with Gasteiger partial charge in [0.2, 0.25) is 0 Å². The third-order valence-electron chi connectivity index (χ3n) is 4.86. The van der Waals surface area contributed by atoms with Gasteiger partial charge in [0.05, 0.1) is 6.54 Å². The van der Waals surface area contributed by atoms with Gasteiger partial charge in [0, 0.05) is 32.4 Å². The Morgan fingerprint density at radius 1 is 1.32 bits per heavy atom. The molecule has 7 heteroatoms. The van der Waals surface area contributed by atoms with E-state index in [1.807, 2.05) is 28.8 Å². The highest BCUT2D eigenvalue weighted by atomic mass is 15.3. The Hall–Kier alpha value is -2.15. The molecule has 1 saturated heterocycles. The fraction of sp³-hybridized carbons (Fsp3) is 0.611. The molecule has 3 heterocycles. The smallest absolute Gasteiger partial charge is 0.191 e. The van der Waals surface area contributed by atoms with Gasteiger partial charge in [-0.1, -0.05) is 6.07 Å². The van der Waals surface area contributed by atoms with E-state index in [1.54, 1.807) is 7.05 Å². The molecule has 0 amide bonds. The summed E-state index contributed by atoms with van der Waals surface area (Å²) in [5.41, 5.74) is 0.859. The van der Waals surface area contributed by atoms with Gasteiger partial charge < -0.3 is 15.5 Å². The maximum Gasteiger partial charge on any atom is 0.191 e. The first kappa shape index (κ1) is 17.7. The summed E-state index contributed by atoms with van der Waals surface area (Å²) in [5, 5.41) is 15.2. The highest BCUT2D eigenvalue weighted by Crippen LogP contribution is 2.17. The molecular formula is C18H29N7. The highest BCUT2D eigenvalue weighted by Gasteiger charge is 2.21. The number of pyridine rings is 1. The minimum atomic E-state index is 0.591. The van der Waals surface area contributed by atoms with Crippen LogP contribution in [0.25, 0.3) is 5.65 Å². The molecule has 2 N–H and O–H groups in total. The van der Waals surface area contributed by atoms with Crippen LogP contribution in [0.2, 0.25) is 0 Å². The number of nitrogens with zero attached hydrogens (tertiary/aromatic N) is 5. The fourth-order valence-corrected chi connectivity index (χ4v) is 3.37. The van der Waals surface area contributed by atoms with Crippen molar-refractivity contribution in [2.45, 2.75) is 39.3 Å². The van der Waals surface area contributed by atoms with Crippen LogP contribution < -0.4 is 10.6 Å². The zero-order chi connectivity index (χ0) is 17.6. The lowest BCUT2D eigenvalue weighted by atomic mass is 9.97. The third-order valence-corrected chi connectivity index (χ3v) is 4.86. The molecule has 7 nitrogen and oxygen atoms in total. The van der Waals surface area contributed by atoms with Crippen LogP contribution in [0.5, 0.6) is 0 Å². The Morgan fingerprint density at radius 2 is 2.20 bits per heavy atom. The Balaban J connectivity index is 1.50. The van der Waals surface area contributed by atoms with Crippen molar-refractivity contribution in [3.8, 4) is 0 Å². The molecule has 0 saturated carbocycles.